The molecule has 8 heteroatoms. The van der Waals surface area contributed by atoms with Crippen LogP contribution in [0, 0.1) is 0 Å². The Morgan fingerprint density at radius 1 is 1.06 bits per heavy atom. The first-order valence-corrected chi connectivity index (χ1v) is 11.3. The average molecular weight is 477 g/mol. The van der Waals surface area contributed by atoms with Gasteiger partial charge in [0.15, 0.2) is 11.2 Å². The molecule has 0 fully saturated rings. The van der Waals surface area contributed by atoms with Crippen molar-refractivity contribution in [3.05, 3.63) is 71.3 Å². The molecule has 6 nitrogen and oxygen atoms in total. The molecule has 0 radical (unpaired) electrons. The lowest BCUT2D eigenvalue weighted by Gasteiger charge is -2.38. The molecule has 0 saturated heterocycles. The summed E-state index contributed by atoms with van der Waals surface area (Å²) in [5, 5.41) is 1.36. The number of thiol groups is 1. The molecule has 2 rings (SSSR count). The summed E-state index contributed by atoms with van der Waals surface area (Å²) in [4.78, 5) is 27.7. The molecule has 32 heavy (non-hydrogen) atoms. The van der Waals surface area contributed by atoms with Crippen LogP contribution in [-0.2, 0) is 46.3 Å². The number of Topliss-reactive ketones (excluding diaryl/α,β-unsaturated/α-hetero) is 1. The summed E-state index contributed by atoms with van der Waals surface area (Å²) in [6.07, 6.45) is 0.895. The third-order valence-electron chi connectivity index (χ3n) is 5.66. The number of carbonyl (C=O) groups is 2. The molecule has 0 aliphatic rings. The number of rotatable bonds is 12. The molecule has 2 aromatic carbocycles. The lowest BCUT2D eigenvalue weighted by molar-refractivity contribution is -0.156. The minimum Gasteiger partial charge on any atom is -0.394 e. The van der Waals surface area contributed by atoms with E-state index in [0.29, 0.717) is 30.6 Å². The number of hydrogen-bond donors (Lipinski definition) is 1. The van der Waals surface area contributed by atoms with Crippen molar-refractivity contribution in [2.45, 2.75) is 37.2 Å². The molecule has 2 atom stereocenters. The summed E-state index contributed by atoms with van der Waals surface area (Å²) >= 11 is 4.02. The van der Waals surface area contributed by atoms with Crippen molar-refractivity contribution < 1.29 is 27.5 Å². The minimum atomic E-state index is -1.79. The number of benzene rings is 2. The topological polar surface area (TPSA) is 78.9 Å². The van der Waals surface area contributed by atoms with E-state index in [4.69, 9.17) is 13.7 Å². The fourth-order valence-corrected chi connectivity index (χ4v) is 4.37. The Labute approximate surface area is 198 Å². The van der Waals surface area contributed by atoms with E-state index in [0.717, 1.165) is 5.56 Å². The molecule has 2 aromatic rings. The number of ether oxygens (including phenoxy) is 2. The van der Waals surface area contributed by atoms with Crippen molar-refractivity contribution in [3.63, 3.8) is 0 Å². The van der Waals surface area contributed by atoms with E-state index in [2.05, 4.69) is 12.9 Å². The van der Waals surface area contributed by atoms with E-state index < -0.39 is 22.8 Å². The van der Waals surface area contributed by atoms with Crippen molar-refractivity contribution in [2.75, 3.05) is 20.8 Å². The maximum atomic E-state index is 14.3. The van der Waals surface area contributed by atoms with Crippen LogP contribution in [0.25, 0.3) is 0 Å². The van der Waals surface area contributed by atoms with Crippen LogP contribution in [0.4, 0.5) is 0 Å². The predicted octanol–water partition coefficient (Wildman–Crippen LogP) is 3.32. The fourth-order valence-electron chi connectivity index (χ4n) is 3.91. The molecule has 2 unspecified atom stereocenters. The maximum absolute atomic E-state index is 14.3. The lowest BCUT2D eigenvalue weighted by Crippen LogP contribution is -2.56. The average Bonchev–Trinajstić information content (AvgIpc) is 2.83. The highest BCUT2D eigenvalue weighted by atomic mass is 32.1. The third-order valence-corrected chi connectivity index (χ3v) is 6.18. The van der Waals surface area contributed by atoms with E-state index in [1.807, 2.05) is 30.3 Å². The molecule has 172 valence electrons. The molecule has 0 N–H and O–H groups in total. The quantitative estimate of drug-likeness (QED) is 0.166. The Kier molecular flexibility index (Phi) is 9.84. The van der Waals surface area contributed by atoms with Gasteiger partial charge in [0.1, 0.15) is 5.60 Å². The van der Waals surface area contributed by atoms with Crippen molar-refractivity contribution in [3.8, 4) is 0 Å². The van der Waals surface area contributed by atoms with Crippen LogP contribution in [0.2, 0.25) is 0 Å². The standard InChI is InChI=1S/C24H28O6S2/c1-23(29-3,14-9-15-28-2)21(25)24(22(26)30-31,16-18-10-5-4-6-11-18)20-13-8-7-12-19(20)17-32-27/h4-8,10-13,17,31H,9,14-16H2,1-3H3. The zero-order chi connectivity index (χ0) is 23.6. The smallest absolute Gasteiger partial charge is 0.336 e. The van der Waals surface area contributed by atoms with Gasteiger partial charge in [-0.05, 0) is 42.9 Å². The maximum Gasteiger partial charge on any atom is 0.336 e. The molecule has 0 aliphatic carbocycles. The van der Waals surface area contributed by atoms with E-state index >= 15 is 0 Å². The summed E-state index contributed by atoms with van der Waals surface area (Å²) in [7, 11) is 3.02. The number of ketones is 1. The number of carbonyl (C=O) groups excluding carboxylic acids is 2. The van der Waals surface area contributed by atoms with E-state index in [-0.39, 0.29) is 17.7 Å². The summed E-state index contributed by atoms with van der Waals surface area (Å²) in [5.41, 5.74) is -1.52. The Balaban J connectivity index is 2.80. The van der Waals surface area contributed by atoms with Gasteiger partial charge in [-0.2, -0.15) is 0 Å². The summed E-state index contributed by atoms with van der Waals surface area (Å²) in [5.74, 6) is -1.30. The Bertz CT molecular complexity index is 973. The molecule has 0 spiro atoms. The van der Waals surface area contributed by atoms with Crippen LogP contribution in [-0.4, -0.2) is 47.8 Å². The van der Waals surface area contributed by atoms with E-state index in [9.17, 15) is 13.8 Å². The highest BCUT2D eigenvalue weighted by Crippen LogP contribution is 2.39. The van der Waals surface area contributed by atoms with Gasteiger partial charge in [0.2, 0.25) is 0 Å². The Hall–Kier alpha value is -2.26. The summed E-state index contributed by atoms with van der Waals surface area (Å²) in [6.45, 7) is 2.09. The van der Waals surface area contributed by atoms with Crippen molar-refractivity contribution >= 4 is 41.3 Å². The molecular weight excluding hydrogens is 448 g/mol. The van der Waals surface area contributed by atoms with Crippen LogP contribution >= 0.6 is 12.9 Å². The van der Waals surface area contributed by atoms with Crippen LogP contribution in [0.1, 0.15) is 36.5 Å². The van der Waals surface area contributed by atoms with Crippen LogP contribution in [0.5, 0.6) is 0 Å². The predicted molar refractivity (Wildman–Crippen MR) is 128 cm³/mol. The normalized spacial score (nSPS) is 14.6. The van der Waals surface area contributed by atoms with Crippen molar-refractivity contribution in [1.82, 2.24) is 0 Å². The monoisotopic (exact) mass is 476 g/mol. The van der Waals surface area contributed by atoms with Gasteiger partial charge in [-0.3, -0.25) is 4.79 Å². The molecule has 0 aliphatic heterocycles. The molecule has 0 saturated carbocycles. The summed E-state index contributed by atoms with van der Waals surface area (Å²) in [6, 6.07) is 16.0. The van der Waals surface area contributed by atoms with Gasteiger partial charge in [-0.15, -0.1) is 0 Å². The lowest BCUT2D eigenvalue weighted by atomic mass is 9.66. The largest absolute Gasteiger partial charge is 0.394 e. The molecule has 0 heterocycles. The van der Waals surface area contributed by atoms with Gasteiger partial charge in [-0.1, -0.05) is 54.6 Å². The van der Waals surface area contributed by atoms with E-state index in [1.165, 1.54) is 12.5 Å². The van der Waals surface area contributed by atoms with Gasteiger partial charge in [0, 0.05) is 39.1 Å². The fraction of sp³-hybridized carbons (Fsp3) is 0.375. The van der Waals surface area contributed by atoms with Crippen LogP contribution < -0.4 is 0 Å². The first-order valence-electron chi connectivity index (χ1n) is 10.1. The third kappa shape index (κ3) is 5.56. The second kappa shape index (κ2) is 12.1. The van der Waals surface area contributed by atoms with Crippen LogP contribution in [0.15, 0.2) is 54.6 Å². The first-order chi connectivity index (χ1) is 15.4. The van der Waals surface area contributed by atoms with Gasteiger partial charge in [-0.25, -0.2) is 9.00 Å². The van der Waals surface area contributed by atoms with Gasteiger partial charge >= 0.3 is 5.97 Å². The van der Waals surface area contributed by atoms with Gasteiger partial charge < -0.3 is 13.7 Å². The molecule has 0 amide bonds. The number of hydrogen-bond acceptors (Lipinski definition) is 7. The highest BCUT2D eigenvalue weighted by Gasteiger charge is 2.56. The highest BCUT2D eigenvalue weighted by molar-refractivity contribution is 7.75. The van der Waals surface area contributed by atoms with Crippen LogP contribution in [0.3, 0.4) is 0 Å². The van der Waals surface area contributed by atoms with Gasteiger partial charge in [0.25, 0.3) is 0 Å². The number of methoxy groups -OCH3 is 2. The molecular formula is C24H28O6S2. The zero-order valence-corrected chi connectivity index (χ0v) is 20.1. The van der Waals surface area contributed by atoms with E-state index in [1.54, 1.807) is 38.3 Å². The first kappa shape index (κ1) is 26.0. The minimum absolute atomic E-state index is 0.0175. The second-order valence-corrected chi connectivity index (χ2v) is 8.22. The Morgan fingerprint density at radius 2 is 1.72 bits per heavy atom. The SMILES string of the molecule is COCCCC(C)(OC)C(=O)C(Cc1ccccc1)(C(=O)OS)c1ccccc1C=S=O. The Morgan fingerprint density at radius 3 is 2.31 bits per heavy atom. The second-order valence-electron chi connectivity index (χ2n) is 7.61. The van der Waals surface area contributed by atoms with Gasteiger partial charge in [0.05, 0.1) is 11.3 Å². The van der Waals surface area contributed by atoms with Crippen molar-refractivity contribution in [1.29, 1.82) is 0 Å². The molecule has 0 aromatic heterocycles. The molecule has 0 bridgehead atoms. The zero-order valence-electron chi connectivity index (χ0n) is 18.4. The summed E-state index contributed by atoms with van der Waals surface area (Å²) < 4.78 is 27.1. The van der Waals surface area contributed by atoms with Crippen molar-refractivity contribution in [2.24, 2.45) is 0 Å².